The van der Waals surface area contributed by atoms with Crippen LogP contribution in [0, 0.1) is 0 Å². The van der Waals surface area contributed by atoms with Gasteiger partial charge in [-0.25, -0.2) is 13.4 Å². The maximum absolute atomic E-state index is 11.4. The molecular formula is C9H4BrCl2NO2S. The first-order valence-corrected chi connectivity index (χ1v) is 7.56. The van der Waals surface area contributed by atoms with E-state index in [-0.39, 0.29) is 10.0 Å². The SMILES string of the molecule is O=S(=O)(Cl)c1cc(Br)cc2c(Cl)nccc12. The standard InChI is InChI=1S/C9H4BrCl2NO2S/c10-5-3-7-6(1-2-13-9(7)11)8(4-5)16(12,14)15/h1-4H. The minimum atomic E-state index is -3.81. The Bertz CT molecular complexity index is 673. The molecule has 2 aromatic rings. The summed E-state index contributed by atoms with van der Waals surface area (Å²) in [5, 5.41) is 1.23. The molecule has 1 heterocycles. The summed E-state index contributed by atoms with van der Waals surface area (Å²) in [7, 11) is 1.54. The molecule has 84 valence electrons. The van der Waals surface area contributed by atoms with Crippen LogP contribution in [0.2, 0.25) is 5.15 Å². The van der Waals surface area contributed by atoms with E-state index in [1.54, 1.807) is 12.1 Å². The summed E-state index contributed by atoms with van der Waals surface area (Å²) in [5.41, 5.74) is 0. The number of hydrogen-bond acceptors (Lipinski definition) is 3. The first-order chi connectivity index (χ1) is 7.39. The molecule has 0 bridgehead atoms. The predicted octanol–water partition coefficient (Wildman–Crippen LogP) is 3.58. The molecule has 3 nitrogen and oxygen atoms in total. The summed E-state index contributed by atoms with van der Waals surface area (Å²) in [6.07, 6.45) is 1.43. The topological polar surface area (TPSA) is 47.0 Å². The summed E-state index contributed by atoms with van der Waals surface area (Å²) >= 11 is 9.08. The molecule has 7 heteroatoms. The van der Waals surface area contributed by atoms with Crippen LogP contribution in [-0.2, 0) is 9.05 Å². The number of benzene rings is 1. The van der Waals surface area contributed by atoms with Crippen molar-refractivity contribution in [2.45, 2.75) is 4.90 Å². The van der Waals surface area contributed by atoms with E-state index in [1.807, 2.05) is 0 Å². The smallest absolute Gasteiger partial charge is 0.244 e. The molecule has 0 aliphatic rings. The highest BCUT2D eigenvalue weighted by Gasteiger charge is 2.16. The zero-order chi connectivity index (χ0) is 11.9. The fourth-order valence-electron chi connectivity index (χ4n) is 1.38. The Balaban J connectivity index is 3.01. The van der Waals surface area contributed by atoms with E-state index < -0.39 is 9.05 Å². The van der Waals surface area contributed by atoms with Gasteiger partial charge in [0.05, 0.1) is 4.90 Å². The van der Waals surface area contributed by atoms with Gasteiger partial charge < -0.3 is 0 Å². The van der Waals surface area contributed by atoms with Gasteiger partial charge in [0.2, 0.25) is 0 Å². The van der Waals surface area contributed by atoms with Crippen molar-refractivity contribution in [2.75, 3.05) is 0 Å². The van der Waals surface area contributed by atoms with Gasteiger partial charge in [0.15, 0.2) is 0 Å². The lowest BCUT2D eigenvalue weighted by Gasteiger charge is -2.05. The average molecular weight is 341 g/mol. The Labute approximate surface area is 110 Å². The zero-order valence-electron chi connectivity index (χ0n) is 7.62. The normalized spacial score (nSPS) is 11.9. The maximum Gasteiger partial charge on any atom is 0.261 e. The monoisotopic (exact) mass is 339 g/mol. The molecule has 0 saturated carbocycles. The first kappa shape index (κ1) is 12.1. The minimum absolute atomic E-state index is 0.0165. The quantitative estimate of drug-likeness (QED) is 0.588. The van der Waals surface area contributed by atoms with Gasteiger partial charge in [0.1, 0.15) is 5.15 Å². The molecule has 0 saturated heterocycles. The lowest BCUT2D eigenvalue weighted by atomic mass is 10.2. The van der Waals surface area contributed by atoms with E-state index in [0.29, 0.717) is 15.2 Å². The fourth-order valence-corrected chi connectivity index (χ4v) is 3.30. The number of aromatic nitrogens is 1. The summed E-state index contributed by atoms with van der Waals surface area (Å²) < 4.78 is 23.4. The number of rotatable bonds is 1. The molecule has 0 radical (unpaired) electrons. The fraction of sp³-hybridized carbons (Fsp3) is 0. The summed E-state index contributed by atoms with van der Waals surface area (Å²) in [6.45, 7) is 0. The molecule has 16 heavy (non-hydrogen) atoms. The lowest BCUT2D eigenvalue weighted by Crippen LogP contribution is -1.93. The van der Waals surface area contributed by atoms with Crippen LogP contribution >= 0.6 is 38.2 Å². The van der Waals surface area contributed by atoms with Crippen LogP contribution in [0.4, 0.5) is 0 Å². The van der Waals surface area contributed by atoms with Crippen LogP contribution in [0.5, 0.6) is 0 Å². The van der Waals surface area contributed by atoms with Crippen LogP contribution in [0.3, 0.4) is 0 Å². The van der Waals surface area contributed by atoms with E-state index in [2.05, 4.69) is 20.9 Å². The molecule has 2 rings (SSSR count). The molecule has 0 fully saturated rings. The van der Waals surface area contributed by atoms with E-state index >= 15 is 0 Å². The number of hydrogen-bond donors (Lipinski definition) is 0. The first-order valence-electron chi connectivity index (χ1n) is 4.08. The van der Waals surface area contributed by atoms with Crippen LogP contribution in [0.15, 0.2) is 33.8 Å². The van der Waals surface area contributed by atoms with Crippen molar-refractivity contribution < 1.29 is 8.42 Å². The predicted molar refractivity (Wildman–Crippen MR) is 67.5 cm³/mol. The molecule has 1 aromatic carbocycles. The molecule has 0 unspecified atom stereocenters. The summed E-state index contributed by atoms with van der Waals surface area (Å²) in [5.74, 6) is 0. The Morgan fingerprint density at radius 3 is 2.56 bits per heavy atom. The van der Waals surface area contributed by atoms with Crippen molar-refractivity contribution in [1.82, 2.24) is 4.98 Å². The van der Waals surface area contributed by atoms with Gasteiger partial charge >= 0.3 is 0 Å². The van der Waals surface area contributed by atoms with Crippen LogP contribution in [0.25, 0.3) is 10.8 Å². The second kappa shape index (κ2) is 4.14. The van der Waals surface area contributed by atoms with Gasteiger partial charge in [-0.1, -0.05) is 27.5 Å². The molecule has 0 atom stereocenters. The maximum atomic E-state index is 11.4. The molecule has 0 amide bonds. The Kier molecular flexibility index (Phi) is 3.13. The van der Waals surface area contributed by atoms with E-state index in [9.17, 15) is 8.42 Å². The summed E-state index contributed by atoms with van der Waals surface area (Å²) in [4.78, 5) is 3.89. The second-order valence-electron chi connectivity index (χ2n) is 3.04. The van der Waals surface area contributed by atoms with Gasteiger partial charge in [-0.3, -0.25) is 0 Å². The molecule has 0 N–H and O–H groups in total. The molecular weight excluding hydrogens is 337 g/mol. The van der Waals surface area contributed by atoms with Crippen LogP contribution < -0.4 is 0 Å². The number of halogens is 3. The van der Waals surface area contributed by atoms with Crippen molar-refractivity contribution >= 4 is 58.0 Å². The largest absolute Gasteiger partial charge is 0.261 e. The minimum Gasteiger partial charge on any atom is -0.244 e. The van der Waals surface area contributed by atoms with Gasteiger partial charge in [-0.2, -0.15) is 0 Å². The molecule has 0 spiro atoms. The third-order valence-corrected chi connectivity index (χ3v) is 4.14. The molecule has 0 aliphatic heterocycles. The number of pyridine rings is 1. The van der Waals surface area contributed by atoms with E-state index in [1.165, 1.54) is 12.3 Å². The van der Waals surface area contributed by atoms with E-state index in [4.69, 9.17) is 22.3 Å². The summed E-state index contributed by atoms with van der Waals surface area (Å²) in [6, 6.07) is 4.68. The number of fused-ring (bicyclic) bond motifs is 1. The highest BCUT2D eigenvalue weighted by molar-refractivity contribution is 9.10. The van der Waals surface area contributed by atoms with Crippen LogP contribution in [0.1, 0.15) is 0 Å². The van der Waals surface area contributed by atoms with Crippen molar-refractivity contribution in [1.29, 1.82) is 0 Å². The van der Waals surface area contributed by atoms with Gasteiger partial charge in [0.25, 0.3) is 9.05 Å². The Morgan fingerprint density at radius 2 is 1.94 bits per heavy atom. The molecule has 1 aromatic heterocycles. The average Bonchev–Trinajstić information content (AvgIpc) is 2.17. The van der Waals surface area contributed by atoms with Crippen molar-refractivity contribution in [3.05, 3.63) is 34.0 Å². The highest BCUT2D eigenvalue weighted by Crippen LogP contribution is 2.32. The third-order valence-electron chi connectivity index (χ3n) is 2.02. The van der Waals surface area contributed by atoms with Crippen molar-refractivity contribution in [3.8, 4) is 0 Å². The van der Waals surface area contributed by atoms with Gasteiger partial charge in [-0.15, -0.1) is 0 Å². The van der Waals surface area contributed by atoms with Crippen LogP contribution in [-0.4, -0.2) is 13.4 Å². The van der Waals surface area contributed by atoms with Crippen molar-refractivity contribution in [3.63, 3.8) is 0 Å². The zero-order valence-corrected chi connectivity index (χ0v) is 11.5. The molecule has 0 aliphatic carbocycles. The Morgan fingerprint density at radius 1 is 1.25 bits per heavy atom. The van der Waals surface area contributed by atoms with E-state index in [0.717, 1.165) is 0 Å². The highest BCUT2D eigenvalue weighted by atomic mass is 79.9. The van der Waals surface area contributed by atoms with Crippen molar-refractivity contribution in [2.24, 2.45) is 0 Å². The third kappa shape index (κ3) is 2.18. The van der Waals surface area contributed by atoms with Gasteiger partial charge in [-0.05, 0) is 18.2 Å². The Hall–Kier alpha value is -0.360. The number of nitrogens with zero attached hydrogens (tertiary/aromatic N) is 1. The lowest BCUT2D eigenvalue weighted by molar-refractivity contribution is 0.610. The van der Waals surface area contributed by atoms with Gasteiger partial charge in [0, 0.05) is 32.1 Å². The second-order valence-corrected chi connectivity index (χ2v) is 6.85.